The van der Waals surface area contributed by atoms with E-state index in [9.17, 15) is 4.79 Å². The third-order valence-corrected chi connectivity index (χ3v) is 4.42. The van der Waals surface area contributed by atoms with Gasteiger partial charge >= 0.3 is 0 Å². The quantitative estimate of drug-likeness (QED) is 0.793. The van der Waals surface area contributed by atoms with Gasteiger partial charge in [0.05, 0.1) is 5.56 Å². The molecule has 3 nitrogen and oxygen atoms in total. The van der Waals surface area contributed by atoms with Gasteiger partial charge in [-0.2, -0.15) is 0 Å². The molecule has 0 N–H and O–H groups in total. The van der Waals surface area contributed by atoms with Crippen molar-refractivity contribution in [3.63, 3.8) is 0 Å². The fraction of sp³-hybridized carbons (Fsp3) is 0.462. The SMILES string of the molecule is CCN1CCN(C(=O)c2ccc(Br)cc2Br)CC1. The normalized spacial score (nSPS) is 16.9. The van der Waals surface area contributed by atoms with E-state index in [0.717, 1.165) is 47.2 Å². The van der Waals surface area contributed by atoms with E-state index in [1.165, 1.54) is 0 Å². The molecule has 1 aromatic rings. The number of carbonyl (C=O) groups excluding carboxylic acids is 1. The number of piperazine rings is 1. The standard InChI is InChI=1S/C13H16Br2N2O/c1-2-16-5-7-17(8-6-16)13(18)11-4-3-10(14)9-12(11)15/h3-4,9H,2,5-8H2,1H3. The molecule has 2 rings (SSSR count). The Morgan fingerprint density at radius 3 is 2.44 bits per heavy atom. The van der Waals surface area contributed by atoms with Gasteiger partial charge in [0.15, 0.2) is 0 Å². The number of likely N-dealkylation sites (N-methyl/N-ethyl adjacent to an activating group) is 1. The first-order chi connectivity index (χ1) is 8.61. The van der Waals surface area contributed by atoms with Crippen LogP contribution in [0.4, 0.5) is 0 Å². The molecule has 1 fully saturated rings. The zero-order valence-corrected chi connectivity index (χ0v) is 13.5. The Balaban J connectivity index is 2.08. The van der Waals surface area contributed by atoms with Gasteiger partial charge < -0.3 is 9.80 Å². The van der Waals surface area contributed by atoms with Crippen LogP contribution in [0.15, 0.2) is 27.1 Å². The molecule has 18 heavy (non-hydrogen) atoms. The number of nitrogens with zero attached hydrogens (tertiary/aromatic N) is 2. The highest BCUT2D eigenvalue weighted by Crippen LogP contribution is 2.23. The third kappa shape index (κ3) is 3.13. The Labute approximate surface area is 124 Å². The summed E-state index contributed by atoms with van der Waals surface area (Å²) in [6.07, 6.45) is 0. The molecule has 0 aromatic heterocycles. The molecule has 0 radical (unpaired) electrons. The molecule has 0 unspecified atom stereocenters. The minimum atomic E-state index is 0.116. The van der Waals surface area contributed by atoms with Crippen LogP contribution in [0.3, 0.4) is 0 Å². The van der Waals surface area contributed by atoms with Gasteiger partial charge in [0, 0.05) is 35.1 Å². The first-order valence-corrected chi connectivity index (χ1v) is 7.67. The van der Waals surface area contributed by atoms with Crippen LogP contribution in [-0.4, -0.2) is 48.4 Å². The van der Waals surface area contributed by atoms with Gasteiger partial charge in [-0.25, -0.2) is 0 Å². The fourth-order valence-corrected chi connectivity index (χ4v) is 3.32. The van der Waals surface area contributed by atoms with Gasteiger partial charge in [-0.3, -0.25) is 4.79 Å². The van der Waals surface area contributed by atoms with Crippen molar-refractivity contribution in [2.75, 3.05) is 32.7 Å². The molecule has 1 aromatic carbocycles. The van der Waals surface area contributed by atoms with Crippen molar-refractivity contribution in [3.8, 4) is 0 Å². The van der Waals surface area contributed by atoms with Crippen LogP contribution in [0, 0.1) is 0 Å². The number of halogens is 2. The minimum absolute atomic E-state index is 0.116. The Morgan fingerprint density at radius 2 is 1.89 bits per heavy atom. The van der Waals surface area contributed by atoms with Crippen molar-refractivity contribution in [2.24, 2.45) is 0 Å². The first kappa shape index (κ1) is 14.0. The molecular weight excluding hydrogens is 360 g/mol. The summed E-state index contributed by atoms with van der Waals surface area (Å²) in [5.74, 6) is 0.116. The van der Waals surface area contributed by atoms with Gasteiger partial charge in [0.2, 0.25) is 0 Å². The van der Waals surface area contributed by atoms with Crippen LogP contribution in [0.2, 0.25) is 0 Å². The molecule has 0 bridgehead atoms. The summed E-state index contributed by atoms with van der Waals surface area (Å²) in [7, 11) is 0. The third-order valence-electron chi connectivity index (χ3n) is 3.27. The number of rotatable bonds is 2. The first-order valence-electron chi connectivity index (χ1n) is 6.08. The summed E-state index contributed by atoms with van der Waals surface area (Å²) >= 11 is 6.85. The highest BCUT2D eigenvalue weighted by molar-refractivity contribution is 9.11. The molecule has 1 amide bonds. The van der Waals surface area contributed by atoms with Crippen molar-refractivity contribution >= 4 is 37.8 Å². The molecule has 0 saturated carbocycles. The van der Waals surface area contributed by atoms with Crippen molar-refractivity contribution in [1.29, 1.82) is 0 Å². The largest absolute Gasteiger partial charge is 0.336 e. The van der Waals surface area contributed by atoms with Crippen LogP contribution in [0.25, 0.3) is 0 Å². The summed E-state index contributed by atoms with van der Waals surface area (Å²) < 4.78 is 1.82. The average molecular weight is 376 g/mol. The molecule has 1 aliphatic heterocycles. The fourth-order valence-electron chi connectivity index (χ4n) is 2.10. The molecule has 1 aliphatic rings. The van der Waals surface area contributed by atoms with Gasteiger partial charge in [0.1, 0.15) is 0 Å². The van der Waals surface area contributed by atoms with Gasteiger partial charge in [-0.05, 0) is 40.7 Å². The second-order valence-corrected chi connectivity index (χ2v) is 6.12. The van der Waals surface area contributed by atoms with Crippen LogP contribution >= 0.6 is 31.9 Å². The summed E-state index contributed by atoms with van der Waals surface area (Å²) in [5.41, 5.74) is 0.739. The zero-order valence-electron chi connectivity index (χ0n) is 10.3. The predicted octanol–water partition coefficient (Wildman–Crippen LogP) is 2.99. The highest BCUT2D eigenvalue weighted by Gasteiger charge is 2.22. The molecule has 98 valence electrons. The number of hydrogen-bond donors (Lipinski definition) is 0. The van der Waals surface area contributed by atoms with E-state index in [2.05, 4.69) is 43.7 Å². The second-order valence-electron chi connectivity index (χ2n) is 4.35. The minimum Gasteiger partial charge on any atom is -0.336 e. The lowest BCUT2D eigenvalue weighted by molar-refractivity contribution is 0.0642. The molecule has 1 saturated heterocycles. The molecular formula is C13H16Br2N2O. The predicted molar refractivity (Wildman–Crippen MR) is 79.9 cm³/mol. The van der Waals surface area contributed by atoms with Gasteiger partial charge in [-0.1, -0.05) is 22.9 Å². The number of benzene rings is 1. The van der Waals surface area contributed by atoms with E-state index in [-0.39, 0.29) is 5.91 Å². The van der Waals surface area contributed by atoms with E-state index in [1.807, 2.05) is 23.1 Å². The maximum Gasteiger partial charge on any atom is 0.255 e. The Morgan fingerprint density at radius 1 is 1.22 bits per heavy atom. The van der Waals surface area contributed by atoms with Crippen molar-refractivity contribution in [2.45, 2.75) is 6.92 Å². The lowest BCUT2D eigenvalue weighted by atomic mass is 10.2. The van der Waals surface area contributed by atoms with Gasteiger partial charge in [-0.15, -0.1) is 0 Å². The lowest BCUT2D eigenvalue weighted by Crippen LogP contribution is -2.48. The maximum atomic E-state index is 12.4. The summed E-state index contributed by atoms with van der Waals surface area (Å²) in [6, 6.07) is 5.68. The van der Waals surface area contributed by atoms with E-state index in [1.54, 1.807) is 0 Å². The van der Waals surface area contributed by atoms with Crippen LogP contribution in [-0.2, 0) is 0 Å². The smallest absolute Gasteiger partial charge is 0.255 e. The average Bonchev–Trinajstić information content (AvgIpc) is 2.38. The number of carbonyl (C=O) groups is 1. The van der Waals surface area contributed by atoms with E-state index in [4.69, 9.17) is 0 Å². The maximum absolute atomic E-state index is 12.4. The van der Waals surface area contributed by atoms with Crippen molar-refractivity contribution in [1.82, 2.24) is 9.80 Å². The topological polar surface area (TPSA) is 23.6 Å². The number of hydrogen-bond acceptors (Lipinski definition) is 2. The molecule has 0 atom stereocenters. The highest BCUT2D eigenvalue weighted by atomic mass is 79.9. The van der Waals surface area contributed by atoms with E-state index < -0.39 is 0 Å². The van der Waals surface area contributed by atoms with Crippen LogP contribution in [0.5, 0.6) is 0 Å². The Bertz CT molecular complexity index is 443. The zero-order chi connectivity index (χ0) is 13.1. The van der Waals surface area contributed by atoms with E-state index in [0.29, 0.717) is 0 Å². The van der Waals surface area contributed by atoms with Crippen LogP contribution < -0.4 is 0 Å². The molecule has 0 aliphatic carbocycles. The van der Waals surface area contributed by atoms with E-state index >= 15 is 0 Å². The van der Waals surface area contributed by atoms with Gasteiger partial charge in [0.25, 0.3) is 5.91 Å². The second kappa shape index (κ2) is 6.17. The lowest BCUT2D eigenvalue weighted by Gasteiger charge is -2.34. The molecule has 1 heterocycles. The van der Waals surface area contributed by atoms with Crippen LogP contribution in [0.1, 0.15) is 17.3 Å². The monoisotopic (exact) mass is 374 g/mol. The Hall–Kier alpha value is -0.390. The van der Waals surface area contributed by atoms with Crippen molar-refractivity contribution in [3.05, 3.63) is 32.7 Å². The van der Waals surface area contributed by atoms with Crippen molar-refractivity contribution < 1.29 is 4.79 Å². The molecule has 5 heteroatoms. The summed E-state index contributed by atoms with van der Waals surface area (Å²) in [4.78, 5) is 16.7. The summed E-state index contributed by atoms with van der Waals surface area (Å²) in [6.45, 7) is 6.78. The Kier molecular flexibility index (Phi) is 4.81. The number of amides is 1. The summed E-state index contributed by atoms with van der Waals surface area (Å²) in [5, 5.41) is 0. The molecule has 0 spiro atoms.